The number of nitrogens with zero attached hydrogens (tertiary/aromatic N) is 2. The van der Waals surface area contributed by atoms with E-state index < -0.39 is 0 Å². The highest BCUT2D eigenvalue weighted by Gasteiger charge is 2.21. The van der Waals surface area contributed by atoms with Crippen LogP contribution < -0.4 is 20.3 Å². The summed E-state index contributed by atoms with van der Waals surface area (Å²) in [6, 6.07) is 16.6. The van der Waals surface area contributed by atoms with Crippen molar-refractivity contribution >= 4 is 17.3 Å². The van der Waals surface area contributed by atoms with E-state index in [2.05, 4.69) is 10.4 Å². The molecule has 2 aromatic carbocycles. The number of benzene rings is 2. The van der Waals surface area contributed by atoms with Crippen LogP contribution in [-0.2, 0) is 0 Å². The molecule has 1 unspecified atom stereocenters. The molecule has 1 aromatic heterocycles. The van der Waals surface area contributed by atoms with E-state index in [1.807, 2.05) is 42.5 Å². The summed E-state index contributed by atoms with van der Waals surface area (Å²) in [5.41, 5.74) is 0.743. The Labute approximate surface area is 154 Å². The van der Waals surface area contributed by atoms with Gasteiger partial charge in [0.2, 0.25) is 0 Å². The number of hydrogen-bond donors (Lipinski definition) is 1. The SMILES string of the molecule is O=c1c(Cl)c(NCC2COc3ccccc3O2)cnn1-c1ccccc1. The Morgan fingerprint density at radius 2 is 1.85 bits per heavy atom. The Hall–Kier alpha value is -2.99. The molecule has 2 heterocycles. The molecule has 0 amide bonds. The zero-order valence-electron chi connectivity index (χ0n) is 13.8. The van der Waals surface area contributed by atoms with Gasteiger partial charge in [0.25, 0.3) is 5.56 Å². The summed E-state index contributed by atoms with van der Waals surface area (Å²) >= 11 is 6.24. The summed E-state index contributed by atoms with van der Waals surface area (Å²) in [6.45, 7) is 0.848. The van der Waals surface area contributed by atoms with Crippen molar-refractivity contribution in [1.29, 1.82) is 0 Å². The molecular weight excluding hydrogens is 354 g/mol. The highest BCUT2D eigenvalue weighted by Crippen LogP contribution is 2.31. The molecule has 7 heteroatoms. The van der Waals surface area contributed by atoms with E-state index in [4.69, 9.17) is 21.1 Å². The largest absolute Gasteiger partial charge is 0.486 e. The average Bonchev–Trinajstić information content (AvgIpc) is 2.69. The van der Waals surface area contributed by atoms with Gasteiger partial charge in [0, 0.05) is 0 Å². The maximum Gasteiger partial charge on any atom is 0.292 e. The molecule has 0 saturated carbocycles. The first-order valence-corrected chi connectivity index (χ1v) is 8.56. The fraction of sp³-hybridized carbons (Fsp3) is 0.158. The summed E-state index contributed by atoms with van der Waals surface area (Å²) in [5, 5.41) is 7.40. The van der Waals surface area contributed by atoms with Crippen molar-refractivity contribution in [2.75, 3.05) is 18.5 Å². The lowest BCUT2D eigenvalue weighted by atomic mass is 10.2. The number of halogens is 1. The van der Waals surface area contributed by atoms with E-state index in [1.54, 1.807) is 12.1 Å². The lowest BCUT2D eigenvalue weighted by Gasteiger charge is -2.26. The van der Waals surface area contributed by atoms with Gasteiger partial charge >= 0.3 is 0 Å². The van der Waals surface area contributed by atoms with Crippen LogP contribution in [0, 0.1) is 0 Å². The third-order valence-corrected chi connectivity index (χ3v) is 4.37. The molecule has 0 saturated heterocycles. The normalized spacial score (nSPS) is 15.5. The van der Waals surface area contributed by atoms with Crippen LogP contribution in [0.1, 0.15) is 0 Å². The van der Waals surface area contributed by atoms with Crippen LogP contribution in [0.2, 0.25) is 5.02 Å². The van der Waals surface area contributed by atoms with Crippen LogP contribution in [0.4, 0.5) is 5.69 Å². The van der Waals surface area contributed by atoms with Gasteiger partial charge in [0.05, 0.1) is 24.1 Å². The Balaban J connectivity index is 1.48. The van der Waals surface area contributed by atoms with Gasteiger partial charge in [-0.3, -0.25) is 4.79 Å². The van der Waals surface area contributed by atoms with Crippen LogP contribution in [0.15, 0.2) is 65.6 Å². The van der Waals surface area contributed by atoms with Crippen molar-refractivity contribution in [1.82, 2.24) is 9.78 Å². The number of anilines is 1. The molecule has 6 nitrogen and oxygen atoms in total. The molecule has 3 aromatic rings. The maximum atomic E-state index is 12.5. The smallest absolute Gasteiger partial charge is 0.292 e. The Morgan fingerprint density at radius 3 is 2.65 bits per heavy atom. The number of hydrogen-bond acceptors (Lipinski definition) is 5. The van der Waals surface area contributed by atoms with E-state index >= 15 is 0 Å². The molecule has 132 valence electrons. The van der Waals surface area contributed by atoms with Gasteiger partial charge in [-0.1, -0.05) is 41.9 Å². The summed E-state index contributed by atoms with van der Waals surface area (Å²) in [6.07, 6.45) is 1.34. The summed E-state index contributed by atoms with van der Waals surface area (Å²) in [7, 11) is 0. The Morgan fingerprint density at radius 1 is 1.12 bits per heavy atom. The summed E-state index contributed by atoms with van der Waals surface area (Å²) in [4.78, 5) is 12.5. The van der Waals surface area contributed by atoms with E-state index in [-0.39, 0.29) is 16.7 Å². The van der Waals surface area contributed by atoms with Gasteiger partial charge < -0.3 is 14.8 Å². The second kappa shape index (κ2) is 7.09. The van der Waals surface area contributed by atoms with Crippen LogP contribution in [0.3, 0.4) is 0 Å². The molecule has 1 aliphatic rings. The first-order chi connectivity index (χ1) is 12.7. The number of aromatic nitrogens is 2. The zero-order chi connectivity index (χ0) is 17.9. The average molecular weight is 370 g/mol. The van der Waals surface area contributed by atoms with E-state index in [1.165, 1.54) is 10.9 Å². The number of fused-ring (bicyclic) bond motifs is 1. The number of nitrogens with one attached hydrogen (secondary N) is 1. The predicted molar refractivity (Wildman–Crippen MR) is 99.7 cm³/mol. The highest BCUT2D eigenvalue weighted by atomic mass is 35.5. The third-order valence-electron chi connectivity index (χ3n) is 4.01. The molecule has 4 rings (SSSR count). The predicted octanol–water partition coefficient (Wildman–Crippen LogP) is 3.14. The van der Waals surface area contributed by atoms with Crippen molar-refractivity contribution in [3.05, 3.63) is 76.2 Å². The minimum atomic E-state index is -0.381. The second-order valence-electron chi connectivity index (χ2n) is 5.80. The van der Waals surface area contributed by atoms with Gasteiger partial charge in [-0.15, -0.1) is 0 Å². The number of rotatable bonds is 4. The number of ether oxygens (including phenoxy) is 2. The fourth-order valence-electron chi connectivity index (χ4n) is 2.70. The van der Waals surface area contributed by atoms with E-state index in [0.29, 0.717) is 30.3 Å². The zero-order valence-corrected chi connectivity index (χ0v) is 14.5. The van der Waals surface area contributed by atoms with Crippen LogP contribution >= 0.6 is 11.6 Å². The van der Waals surface area contributed by atoms with Gasteiger partial charge in [-0.25, -0.2) is 0 Å². The Kier molecular flexibility index (Phi) is 4.50. The van der Waals surface area contributed by atoms with Crippen LogP contribution in [0.5, 0.6) is 11.5 Å². The van der Waals surface area contributed by atoms with Crippen molar-refractivity contribution in [3.63, 3.8) is 0 Å². The monoisotopic (exact) mass is 369 g/mol. The quantitative estimate of drug-likeness (QED) is 0.765. The fourth-order valence-corrected chi connectivity index (χ4v) is 2.89. The molecule has 1 N–H and O–H groups in total. The number of para-hydroxylation sites is 3. The van der Waals surface area contributed by atoms with E-state index in [0.717, 1.165) is 5.75 Å². The van der Waals surface area contributed by atoms with Crippen molar-refractivity contribution < 1.29 is 9.47 Å². The maximum absolute atomic E-state index is 12.5. The lowest BCUT2D eigenvalue weighted by Crippen LogP contribution is -2.35. The topological polar surface area (TPSA) is 65.4 Å². The van der Waals surface area contributed by atoms with Gasteiger partial charge in [0.15, 0.2) is 11.5 Å². The van der Waals surface area contributed by atoms with Crippen LogP contribution in [-0.4, -0.2) is 29.0 Å². The third kappa shape index (κ3) is 3.23. The Bertz CT molecular complexity index is 975. The molecule has 1 atom stereocenters. The molecule has 1 aliphatic heterocycles. The molecule has 0 radical (unpaired) electrons. The molecule has 26 heavy (non-hydrogen) atoms. The first kappa shape index (κ1) is 16.5. The van der Waals surface area contributed by atoms with Gasteiger partial charge in [-0.2, -0.15) is 9.78 Å². The summed E-state index contributed by atoms with van der Waals surface area (Å²) < 4.78 is 12.8. The first-order valence-electron chi connectivity index (χ1n) is 8.18. The molecule has 0 spiro atoms. The molecule has 0 bridgehead atoms. The van der Waals surface area contributed by atoms with Crippen molar-refractivity contribution in [2.24, 2.45) is 0 Å². The van der Waals surface area contributed by atoms with Crippen molar-refractivity contribution in [2.45, 2.75) is 6.10 Å². The molecular formula is C19H16ClN3O3. The molecule has 0 fully saturated rings. The second-order valence-corrected chi connectivity index (χ2v) is 6.18. The van der Waals surface area contributed by atoms with E-state index in [9.17, 15) is 4.79 Å². The minimum Gasteiger partial charge on any atom is -0.486 e. The highest BCUT2D eigenvalue weighted by molar-refractivity contribution is 6.32. The van der Waals surface area contributed by atoms with Crippen molar-refractivity contribution in [3.8, 4) is 17.2 Å². The summed E-state index contributed by atoms with van der Waals surface area (Å²) in [5.74, 6) is 1.43. The minimum absolute atomic E-state index is 0.0842. The van der Waals surface area contributed by atoms with Crippen LogP contribution in [0.25, 0.3) is 5.69 Å². The molecule has 0 aliphatic carbocycles. The lowest BCUT2D eigenvalue weighted by molar-refractivity contribution is 0.0997. The van der Waals surface area contributed by atoms with Gasteiger partial charge in [-0.05, 0) is 24.3 Å². The standard InChI is InChI=1S/C19H16ClN3O3/c20-18-15(11-22-23(19(18)24)13-6-2-1-3-7-13)21-10-14-12-25-16-8-4-5-9-17(16)26-14/h1-9,11,14,21H,10,12H2. The van der Waals surface area contributed by atoms with Gasteiger partial charge in [0.1, 0.15) is 17.7 Å².